The van der Waals surface area contributed by atoms with E-state index < -0.39 is 0 Å². The van der Waals surface area contributed by atoms with Crippen molar-refractivity contribution >= 4 is 11.9 Å². The van der Waals surface area contributed by atoms with Crippen LogP contribution in [-0.4, -0.2) is 50.2 Å². The van der Waals surface area contributed by atoms with Crippen LogP contribution in [0.5, 0.6) is 0 Å². The fourth-order valence-electron chi connectivity index (χ4n) is 5.03. The minimum Gasteiger partial charge on any atom is -0.464 e. The highest BCUT2D eigenvalue weighted by atomic mass is 16.5. The minimum atomic E-state index is -0.158. The van der Waals surface area contributed by atoms with Gasteiger partial charge in [0.15, 0.2) is 0 Å². The van der Waals surface area contributed by atoms with Crippen molar-refractivity contribution in [2.45, 2.75) is 174 Å². The molecule has 0 saturated carbocycles. The first-order chi connectivity index (χ1) is 22.5. The third kappa shape index (κ3) is 33.2. The molecule has 0 saturated heterocycles. The van der Waals surface area contributed by atoms with Gasteiger partial charge in [0.05, 0.1) is 6.04 Å². The number of allylic oxidation sites excluding steroid dienone is 8. The Morgan fingerprint density at radius 3 is 1.15 bits per heavy atom. The molecule has 0 rings (SSSR count). The molecule has 0 N–H and O–H groups in total. The lowest BCUT2D eigenvalue weighted by Gasteiger charge is -2.23. The summed E-state index contributed by atoms with van der Waals surface area (Å²) < 4.78 is 11.0. The molecule has 0 aliphatic carbocycles. The molecule has 0 aromatic carbocycles. The predicted octanol–water partition coefficient (Wildman–Crippen LogP) is 11.6. The van der Waals surface area contributed by atoms with Crippen molar-refractivity contribution in [1.29, 1.82) is 0 Å². The van der Waals surface area contributed by atoms with Crippen LogP contribution in [-0.2, 0) is 19.1 Å². The molecule has 5 heteroatoms. The summed E-state index contributed by atoms with van der Waals surface area (Å²) in [4.78, 5) is 26.4. The van der Waals surface area contributed by atoms with Gasteiger partial charge < -0.3 is 14.4 Å². The second kappa shape index (κ2) is 35.7. The first kappa shape index (κ1) is 43.9. The molecule has 0 heterocycles. The van der Waals surface area contributed by atoms with Crippen molar-refractivity contribution in [3.8, 4) is 0 Å². The molecule has 266 valence electrons. The fraction of sp³-hybridized carbons (Fsp3) is 0.756. The average Bonchev–Trinajstić information content (AvgIpc) is 3.04. The van der Waals surface area contributed by atoms with Crippen molar-refractivity contribution in [2.75, 3.05) is 27.3 Å². The minimum absolute atomic E-state index is 0.123. The van der Waals surface area contributed by atoms with Crippen molar-refractivity contribution < 1.29 is 19.1 Å². The third-order valence-corrected chi connectivity index (χ3v) is 8.27. The smallest absolute Gasteiger partial charge is 0.305 e. The predicted molar refractivity (Wildman–Crippen MR) is 198 cm³/mol. The van der Waals surface area contributed by atoms with E-state index in [9.17, 15) is 9.59 Å². The highest BCUT2D eigenvalue weighted by Crippen LogP contribution is 2.11. The van der Waals surface area contributed by atoms with E-state index in [4.69, 9.17) is 9.47 Å². The summed E-state index contributed by atoms with van der Waals surface area (Å²) in [6.07, 6.45) is 44.8. The van der Waals surface area contributed by atoms with Gasteiger partial charge in [0.2, 0.25) is 0 Å². The zero-order valence-corrected chi connectivity index (χ0v) is 30.7. The summed E-state index contributed by atoms with van der Waals surface area (Å²) in [6.45, 7) is 4.99. The molecule has 0 fully saturated rings. The molecule has 0 aliphatic heterocycles. The SMILES string of the molecule is CCCCC/C=C\C/C=C\CCCCCCCC(=O)OCC(COC(=O)CCCCCCC/C=C\C/C=C\CCCCC)N(C)C. The highest BCUT2D eigenvalue weighted by Gasteiger charge is 2.17. The van der Waals surface area contributed by atoms with Gasteiger partial charge >= 0.3 is 11.9 Å². The molecule has 46 heavy (non-hydrogen) atoms. The zero-order chi connectivity index (χ0) is 33.8. The van der Waals surface area contributed by atoms with Crippen LogP contribution in [0.4, 0.5) is 0 Å². The number of likely N-dealkylation sites (N-methyl/N-ethyl adjacent to an activating group) is 1. The van der Waals surface area contributed by atoms with Crippen LogP contribution in [0.15, 0.2) is 48.6 Å². The molecule has 0 spiro atoms. The van der Waals surface area contributed by atoms with Gasteiger partial charge in [0, 0.05) is 12.8 Å². The van der Waals surface area contributed by atoms with Crippen LogP contribution in [0.3, 0.4) is 0 Å². The molecular weight excluding hydrogens is 570 g/mol. The van der Waals surface area contributed by atoms with E-state index in [2.05, 4.69) is 62.5 Å². The second-order valence-electron chi connectivity index (χ2n) is 12.9. The summed E-state index contributed by atoms with van der Waals surface area (Å²) in [5.74, 6) is -0.317. The Balaban J connectivity index is 3.73. The van der Waals surface area contributed by atoms with Gasteiger partial charge in [-0.05, 0) is 91.1 Å². The number of esters is 2. The van der Waals surface area contributed by atoms with Crippen LogP contribution < -0.4 is 0 Å². The lowest BCUT2D eigenvalue weighted by atomic mass is 10.1. The quantitative estimate of drug-likeness (QED) is 0.0404. The summed E-state index contributed by atoms with van der Waals surface area (Å²) in [5.41, 5.74) is 0. The van der Waals surface area contributed by atoms with Crippen LogP contribution in [0, 0.1) is 0 Å². The fourth-order valence-corrected chi connectivity index (χ4v) is 5.03. The Morgan fingerprint density at radius 2 is 0.804 bits per heavy atom. The molecule has 5 nitrogen and oxygen atoms in total. The maximum Gasteiger partial charge on any atom is 0.305 e. The number of hydrogen-bond acceptors (Lipinski definition) is 5. The Hall–Kier alpha value is -2.14. The van der Waals surface area contributed by atoms with E-state index in [-0.39, 0.29) is 31.2 Å². The maximum absolute atomic E-state index is 12.2. The Morgan fingerprint density at radius 1 is 0.478 bits per heavy atom. The molecule has 0 unspecified atom stereocenters. The topological polar surface area (TPSA) is 55.8 Å². The summed E-state index contributed by atoms with van der Waals surface area (Å²) in [6, 6.07) is -0.123. The summed E-state index contributed by atoms with van der Waals surface area (Å²) in [7, 11) is 3.85. The number of hydrogen-bond donors (Lipinski definition) is 0. The number of carbonyl (C=O) groups excluding carboxylic acids is 2. The van der Waals surface area contributed by atoms with Gasteiger partial charge in [-0.25, -0.2) is 0 Å². The lowest BCUT2D eigenvalue weighted by molar-refractivity contribution is -0.149. The van der Waals surface area contributed by atoms with E-state index in [0.717, 1.165) is 64.2 Å². The average molecular weight is 644 g/mol. The number of nitrogens with zero attached hydrogens (tertiary/aromatic N) is 1. The standard InChI is InChI=1S/C41H73NO4/c1-5-7-9-11-13-15-17-19-21-23-25-27-29-31-33-35-40(43)45-37-39(42(3)4)38-46-41(44)36-34-32-30-28-26-24-22-20-18-16-14-12-10-8-6-2/h13-16,19-22,39H,5-12,17-18,23-38H2,1-4H3/b15-13-,16-14-,21-19-,22-20-. The van der Waals surface area contributed by atoms with E-state index in [1.807, 2.05) is 19.0 Å². The monoisotopic (exact) mass is 644 g/mol. The van der Waals surface area contributed by atoms with E-state index in [0.29, 0.717) is 12.8 Å². The van der Waals surface area contributed by atoms with E-state index in [1.54, 1.807) is 0 Å². The molecule has 0 aliphatic rings. The van der Waals surface area contributed by atoms with Crippen LogP contribution in [0.1, 0.15) is 168 Å². The van der Waals surface area contributed by atoms with Gasteiger partial charge in [0.25, 0.3) is 0 Å². The number of ether oxygens (including phenoxy) is 2. The van der Waals surface area contributed by atoms with Crippen LogP contribution >= 0.6 is 0 Å². The van der Waals surface area contributed by atoms with Crippen molar-refractivity contribution in [2.24, 2.45) is 0 Å². The van der Waals surface area contributed by atoms with Gasteiger partial charge in [0.1, 0.15) is 13.2 Å². The van der Waals surface area contributed by atoms with Gasteiger partial charge in [-0.3, -0.25) is 9.59 Å². The second-order valence-corrected chi connectivity index (χ2v) is 12.9. The lowest BCUT2D eigenvalue weighted by Crippen LogP contribution is -2.38. The normalized spacial score (nSPS) is 12.2. The molecular formula is C41H73NO4. The van der Waals surface area contributed by atoms with Gasteiger partial charge in [-0.15, -0.1) is 0 Å². The van der Waals surface area contributed by atoms with Gasteiger partial charge in [-0.2, -0.15) is 0 Å². The van der Waals surface area contributed by atoms with Crippen LogP contribution in [0.2, 0.25) is 0 Å². The Labute approximate surface area is 285 Å². The Kier molecular flexibility index (Phi) is 34.0. The van der Waals surface area contributed by atoms with E-state index >= 15 is 0 Å². The number of unbranched alkanes of at least 4 members (excludes halogenated alkanes) is 16. The highest BCUT2D eigenvalue weighted by molar-refractivity contribution is 5.69. The zero-order valence-electron chi connectivity index (χ0n) is 30.7. The van der Waals surface area contributed by atoms with Gasteiger partial charge in [-0.1, -0.05) is 127 Å². The molecule has 0 atom stereocenters. The van der Waals surface area contributed by atoms with Crippen molar-refractivity contribution in [3.05, 3.63) is 48.6 Å². The third-order valence-electron chi connectivity index (χ3n) is 8.27. The first-order valence-electron chi connectivity index (χ1n) is 19.1. The van der Waals surface area contributed by atoms with E-state index in [1.165, 1.54) is 77.0 Å². The summed E-state index contributed by atoms with van der Waals surface area (Å²) >= 11 is 0. The number of rotatable bonds is 33. The number of carbonyl (C=O) groups is 2. The molecule has 0 aromatic rings. The largest absolute Gasteiger partial charge is 0.464 e. The molecule has 0 radical (unpaired) electrons. The molecule has 0 amide bonds. The molecule has 0 aromatic heterocycles. The first-order valence-corrected chi connectivity index (χ1v) is 19.1. The Bertz CT molecular complexity index is 736. The van der Waals surface area contributed by atoms with Crippen molar-refractivity contribution in [3.63, 3.8) is 0 Å². The summed E-state index contributed by atoms with van der Waals surface area (Å²) in [5, 5.41) is 0. The maximum atomic E-state index is 12.2. The molecule has 0 bridgehead atoms. The van der Waals surface area contributed by atoms with Crippen molar-refractivity contribution in [1.82, 2.24) is 4.90 Å². The van der Waals surface area contributed by atoms with Crippen LogP contribution in [0.25, 0.3) is 0 Å².